The van der Waals surface area contributed by atoms with Gasteiger partial charge in [-0.05, 0) is 37.5 Å². The van der Waals surface area contributed by atoms with Crippen LogP contribution in [0, 0.1) is 11.7 Å². The van der Waals surface area contributed by atoms with Gasteiger partial charge in [-0.1, -0.05) is 13.8 Å². The van der Waals surface area contributed by atoms with Crippen molar-refractivity contribution >= 4 is 11.4 Å². The third kappa shape index (κ3) is 3.12. The van der Waals surface area contributed by atoms with Crippen molar-refractivity contribution in [1.82, 2.24) is 0 Å². The molecule has 3 heteroatoms. The maximum atomic E-state index is 12.9. The summed E-state index contributed by atoms with van der Waals surface area (Å²) in [6.45, 7) is 6.54. The second kappa shape index (κ2) is 5.19. The van der Waals surface area contributed by atoms with Gasteiger partial charge in [0.05, 0.1) is 11.4 Å². The van der Waals surface area contributed by atoms with Crippen molar-refractivity contribution < 1.29 is 4.39 Å². The van der Waals surface area contributed by atoms with Gasteiger partial charge in [-0.2, -0.15) is 0 Å². The van der Waals surface area contributed by atoms with E-state index in [0.717, 1.165) is 12.1 Å². The standard InChI is InChI=1S/C13H21FN2/c1-9(2)7-10(3)16(4)13-6-5-11(14)8-12(13)15/h5-6,8-10H,7,15H2,1-4H3. The Kier molecular flexibility index (Phi) is 4.16. The number of benzene rings is 1. The number of anilines is 2. The molecule has 90 valence electrons. The highest BCUT2D eigenvalue weighted by atomic mass is 19.1. The first-order valence-electron chi connectivity index (χ1n) is 5.69. The van der Waals surface area contributed by atoms with Crippen molar-refractivity contribution in [2.45, 2.75) is 33.2 Å². The van der Waals surface area contributed by atoms with Gasteiger partial charge in [-0.3, -0.25) is 0 Å². The lowest BCUT2D eigenvalue weighted by atomic mass is 10.0. The molecule has 1 rings (SSSR count). The summed E-state index contributed by atoms with van der Waals surface area (Å²) in [5.41, 5.74) is 7.21. The van der Waals surface area contributed by atoms with Crippen molar-refractivity contribution in [2.24, 2.45) is 5.92 Å². The Hall–Kier alpha value is -1.25. The zero-order valence-corrected chi connectivity index (χ0v) is 10.5. The maximum Gasteiger partial charge on any atom is 0.125 e. The summed E-state index contributed by atoms with van der Waals surface area (Å²) in [5, 5.41) is 0. The SMILES string of the molecule is CC(C)CC(C)N(C)c1ccc(F)cc1N. The van der Waals surface area contributed by atoms with Crippen molar-refractivity contribution in [1.29, 1.82) is 0 Å². The fourth-order valence-corrected chi connectivity index (χ4v) is 1.92. The highest BCUT2D eigenvalue weighted by Gasteiger charge is 2.14. The molecule has 0 radical (unpaired) electrons. The molecule has 1 aromatic rings. The van der Waals surface area contributed by atoms with Crippen molar-refractivity contribution in [3.8, 4) is 0 Å². The van der Waals surface area contributed by atoms with Crippen LogP contribution in [-0.2, 0) is 0 Å². The van der Waals surface area contributed by atoms with Crippen LogP contribution in [0.15, 0.2) is 18.2 Å². The van der Waals surface area contributed by atoms with E-state index in [1.165, 1.54) is 12.1 Å². The van der Waals surface area contributed by atoms with Crippen LogP contribution in [-0.4, -0.2) is 13.1 Å². The second-order valence-electron chi connectivity index (χ2n) is 4.79. The van der Waals surface area contributed by atoms with Gasteiger partial charge in [-0.15, -0.1) is 0 Å². The maximum absolute atomic E-state index is 12.9. The molecule has 0 saturated carbocycles. The minimum Gasteiger partial charge on any atom is -0.397 e. The molecule has 0 aromatic heterocycles. The predicted molar refractivity (Wildman–Crippen MR) is 68.1 cm³/mol. The first-order chi connectivity index (χ1) is 7.41. The van der Waals surface area contributed by atoms with Crippen LogP contribution >= 0.6 is 0 Å². The third-order valence-electron chi connectivity index (χ3n) is 2.84. The number of hydrogen-bond donors (Lipinski definition) is 1. The summed E-state index contributed by atoms with van der Waals surface area (Å²) in [6, 6.07) is 4.95. The molecule has 0 aliphatic heterocycles. The van der Waals surface area contributed by atoms with E-state index in [9.17, 15) is 4.39 Å². The van der Waals surface area contributed by atoms with E-state index < -0.39 is 0 Å². The van der Waals surface area contributed by atoms with E-state index in [1.54, 1.807) is 6.07 Å². The van der Waals surface area contributed by atoms with Gasteiger partial charge in [0.15, 0.2) is 0 Å². The molecule has 0 bridgehead atoms. The topological polar surface area (TPSA) is 29.3 Å². The summed E-state index contributed by atoms with van der Waals surface area (Å²) in [6.07, 6.45) is 1.09. The summed E-state index contributed by atoms with van der Waals surface area (Å²) in [4.78, 5) is 2.11. The van der Waals surface area contributed by atoms with Crippen LogP contribution in [0.4, 0.5) is 15.8 Å². The fraction of sp³-hybridized carbons (Fsp3) is 0.538. The Labute approximate surface area is 97.3 Å². The zero-order valence-electron chi connectivity index (χ0n) is 10.5. The number of hydrogen-bond acceptors (Lipinski definition) is 2. The number of nitrogens with zero attached hydrogens (tertiary/aromatic N) is 1. The Morgan fingerprint density at radius 1 is 1.31 bits per heavy atom. The first-order valence-corrected chi connectivity index (χ1v) is 5.69. The van der Waals surface area contributed by atoms with Crippen LogP contribution in [0.1, 0.15) is 27.2 Å². The van der Waals surface area contributed by atoms with Crippen molar-refractivity contribution in [3.05, 3.63) is 24.0 Å². The summed E-state index contributed by atoms with van der Waals surface area (Å²) in [7, 11) is 2.00. The fourth-order valence-electron chi connectivity index (χ4n) is 1.92. The summed E-state index contributed by atoms with van der Waals surface area (Å²) < 4.78 is 12.9. The summed E-state index contributed by atoms with van der Waals surface area (Å²) in [5.74, 6) is 0.352. The van der Waals surface area contributed by atoms with Gasteiger partial charge in [0, 0.05) is 13.1 Å². The molecule has 16 heavy (non-hydrogen) atoms. The van der Waals surface area contributed by atoms with E-state index in [1.807, 2.05) is 7.05 Å². The van der Waals surface area contributed by atoms with Crippen LogP contribution < -0.4 is 10.6 Å². The van der Waals surface area contributed by atoms with E-state index in [-0.39, 0.29) is 5.82 Å². The lowest BCUT2D eigenvalue weighted by Crippen LogP contribution is -2.30. The highest BCUT2D eigenvalue weighted by molar-refractivity contribution is 5.67. The molecule has 0 saturated heterocycles. The molecule has 2 nitrogen and oxygen atoms in total. The van der Waals surface area contributed by atoms with E-state index in [0.29, 0.717) is 17.6 Å². The van der Waals surface area contributed by atoms with Gasteiger partial charge in [-0.25, -0.2) is 4.39 Å². The van der Waals surface area contributed by atoms with E-state index in [2.05, 4.69) is 25.7 Å². The number of rotatable bonds is 4. The Bertz CT molecular complexity index is 350. The lowest BCUT2D eigenvalue weighted by molar-refractivity contribution is 0.504. The largest absolute Gasteiger partial charge is 0.397 e. The van der Waals surface area contributed by atoms with Gasteiger partial charge >= 0.3 is 0 Å². The smallest absolute Gasteiger partial charge is 0.125 e. The second-order valence-corrected chi connectivity index (χ2v) is 4.79. The van der Waals surface area contributed by atoms with Crippen LogP contribution in [0.25, 0.3) is 0 Å². The molecular formula is C13H21FN2. The average Bonchev–Trinajstić information content (AvgIpc) is 2.15. The molecule has 0 aliphatic carbocycles. The summed E-state index contributed by atoms with van der Waals surface area (Å²) >= 11 is 0. The number of halogens is 1. The number of nitrogen functional groups attached to an aromatic ring is 1. The van der Waals surface area contributed by atoms with Gasteiger partial charge < -0.3 is 10.6 Å². The molecule has 0 aliphatic rings. The minimum atomic E-state index is -0.286. The van der Waals surface area contributed by atoms with Gasteiger partial charge in [0.2, 0.25) is 0 Å². The Morgan fingerprint density at radius 3 is 2.44 bits per heavy atom. The zero-order chi connectivity index (χ0) is 12.3. The molecular weight excluding hydrogens is 203 g/mol. The van der Waals surface area contributed by atoms with Crippen LogP contribution in [0.3, 0.4) is 0 Å². The third-order valence-corrected chi connectivity index (χ3v) is 2.84. The lowest BCUT2D eigenvalue weighted by Gasteiger charge is -2.29. The molecule has 1 unspecified atom stereocenters. The number of nitrogens with two attached hydrogens (primary N) is 1. The molecule has 1 atom stereocenters. The normalized spacial score (nSPS) is 12.9. The van der Waals surface area contributed by atoms with Crippen LogP contribution in [0.5, 0.6) is 0 Å². The predicted octanol–water partition coefficient (Wildman–Crippen LogP) is 3.28. The minimum absolute atomic E-state index is 0.286. The molecule has 1 aromatic carbocycles. The van der Waals surface area contributed by atoms with Crippen LogP contribution in [0.2, 0.25) is 0 Å². The molecule has 0 heterocycles. The first kappa shape index (κ1) is 12.8. The monoisotopic (exact) mass is 224 g/mol. The Morgan fingerprint density at radius 2 is 1.94 bits per heavy atom. The quantitative estimate of drug-likeness (QED) is 0.795. The average molecular weight is 224 g/mol. The molecule has 0 amide bonds. The van der Waals surface area contributed by atoms with Gasteiger partial charge in [0.25, 0.3) is 0 Å². The van der Waals surface area contributed by atoms with E-state index >= 15 is 0 Å². The molecule has 0 fully saturated rings. The van der Waals surface area contributed by atoms with E-state index in [4.69, 9.17) is 5.73 Å². The molecule has 0 spiro atoms. The molecule has 2 N–H and O–H groups in total. The highest BCUT2D eigenvalue weighted by Crippen LogP contribution is 2.26. The van der Waals surface area contributed by atoms with Crippen molar-refractivity contribution in [3.63, 3.8) is 0 Å². The van der Waals surface area contributed by atoms with Gasteiger partial charge in [0.1, 0.15) is 5.82 Å². The van der Waals surface area contributed by atoms with Crippen molar-refractivity contribution in [2.75, 3.05) is 17.7 Å². The Balaban J connectivity index is 2.83.